The Hall–Kier alpha value is -4.97. The van der Waals surface area contributed by atoms with Crippen LogP contribution in [0.2, 0.25) is 0 Å². The number of H-pyrrole nitrogens is 2. The van der Waals surface area contributed by atoms with Gasteiger partial charge in [-0.05, 0) is 82.9 Å². The van der Waals surface area contributed by atoms with Crippen LogP contribution < -0.4 is 5.32 Å². The zero-order valence-corrected chi connectivity index (χ0v) is 31.3. The van der Waals surface area contributed by atoms with Crippen LogP contribution in [0, 0.1) is 27.7 Å². The van der Waals surface area contributed by atoms with Gasteiger partial charge in [0.15, 0.2) is 0 Å². The second kappa shape index (κ2) is 15.5. The molecule has 4 aromatic rings. The highest BCUT2D eigenvalue weighted by atomic mass is 16.6. The second-order valence-corrected chi connectivity index (χ2v) is 14.2. The number of hydrogen-bond acceptors (Lipinski definition) is 9. The molecule has 12 nitrogen and oxygen atoms in total. The van der Waals surface area contributed by atoms with E-state index in [1.807, 2.05) is 72.7 Å². The molecule has 6 rings (SSSR count). The molecule has 1 amide bonds. The van der Waals surface area contributed by atoms with Crippen molar-refractivity contribution in [1.82, 2.24) is 30.2 Å². The maximum Gasteiger partial charge on any atom is 0.410 e. The number of aromatic amines is 2. The van der Waals surface area contributed by atoms with Crippen LogP contribution in [0.1, 0.15) is 86.5 Å². The van der Waals surface area contributed by atoms with Gasteiger partial charge in [0.2, 0.25) is 0 Å². The van der Waals surface area contributed by atoms with Crippen LogP contribution in [0.3, 0.4) is 0 Å². The highest BCUT2D eigenvalue weighted by Gasteiger charge is 2.26. The molecule has 3 N–H and O–H groups in total. The van der Waals surface area contributed by atoms with E-state index < -0.39 is 5.60 Å². The third kappa shape index (κ3) is 8.68. The Kier molecular flexibility index (Phi) is 11.3. The van der Waals surface area contributed by atoms with Crippen molar-refractivity contribution in [3.05, 3.63) is 80.4 Å². The average Bonchev–Trinajstić information content (AvgIpc) is 3.52. The van der Waals surface area contributed by atoms with Crippen molar-refractivity contribution in [2.24, 2.45) is 0 Å². The van der Waals surface area contributed by atoms with Crippen LogP contribution in [0.4, 0.5) is 4.79 Å². The number of nitrogens with zero attached hydrogens (tertiary/aromatic N) is 3. The number of fused-ring (bicyclic) bond motifs is 2. The number of imidazole rings is 2. The van der Waals surface area contributed by atoms with Crippen molar-refractivity contribution in [2.75, 3.05) is 40.4 Å². The van der Waals surface area contributed by atoms with Gasteiger partial charge in [-0.3, -0.25) is 0 Å². The van der Waals surface area contributed by atoms with Crippen molar-refractivity contribution in [2.45, 2.75) is 79.8 Å². The van der Waals surface area contributed by atoms with Crippen molar-refractivity contribution < 1.29 is 28.6 Å². The number of carbonyl (C=O) groups is 3. The lowest BCUT2D eigenvalue weighted by Gasteiger charge is -2.26. The Labute approximate surface area is 299 Å². The third-order valence-corrected chi connectivity index (χ3v) is 9.18. The van der Waals surface area contributed by atoms with E-state index in [-0.39, 0.29) is 18.0 Å². The maximum absolute atomic E-state index is 12.4. The lowest BCUT2D eigenvalue weighted by Crippen LogP contribution is -2.38. The number of hydrogen-bond donors (Lipinski definition) is 3. The van der Waals surface area contributed by atoms with Crippen LogP contribution >= 0.6 is 0 Å². The molecule has 0 saturated heterocycles. The summed E-state index contributed by atoms with van der Waals surface area (Å²) in [5.41, 5.74) is 10.7. The number of aryl methyl sites for hydroxylation is 4. The van der Waals surface area contributed by atoms with Crippen LogP contribution in [0.15, 0.2) is 24.3 Å². The summed E-state index contributed by atoms with van der Waals surface area (Å²) in [4.78, 5) is 54.4. The van der Waals surface area contributed by atoms with Crippen molar-refractivity contribution in [1.29, 1.82) is 0 Å². The number of amides is 1. The summed E-state index contributed by atoms with van der Waals surface area (Å²) in [6.07, 6.45) is 2.92. The molecule has 2 aromatic carbocycles. The molecule has 0 saturated carbocycles. The number of aromatic nitrogens is 4. The molecule has 0 bridgehead atoms. The normalized spacial score (nSPS) is 14.3. The Balaban J connectivity index is 0.000000205. The third-order valence-electron chi connectivity index (χ3n) is 9.18. The van der Waals surface area contributed by atoms with Crippen LogP contribution in [0.25, 0.3) is 22.8 Å². The molecule has 272 valence electrons. The molecule has 0 unspecified atom stereocenters. The Morgan fingerprint density at radius 1 is 0.667 bits per heavy atom. The first-order chi connectivity index (χ1) is 24.2. The number of esters is 2. The van der Waals surface area contributed by atoms with Gasteiger partial charge in [-0.1, -0.05) is 12.1 Å². The smallest absolute Gasteiger partial charge is 0.410 e. The first kappa shape index (κ1) is 37.3. The minimum Gasteiger partial charge on any atom is -0.465 e. The van der Waals surface area contributed by atoms with Crippen molar-refractivity contribution in [3.63, 3.8) is 0 Å². The summed E-state index contributed by atoms with van der Waals surface area (Å²) in [6.45, 7) is 16.5. The van der Waals surface area contributed by atoms with Gasteiger partial charge in [0.1, 0.15) is 17.2 Å². The molecule has 0 atom stereocenters. The summed E-state index contributed by atoms with van der Waals surface area (Å²) in [5, 5.41) is 3.37. The number of benzene rings is 2. The quantitative estimate of drug-likeness (QED) is 0.173. The minimum absolute atomic E-state index is 0.292. The summed E-state index contributed by atoms with van der Waals surface area (Å²) in [7, 11) is 2.79. The molecular weight excluding hydrogens is 648 g/mol. The molecule has 12 heteroatoms. The number of carbonyl (C=O) groups excluding carboxylic acids is 3. The fourth-order valence-corrected chi connectivity index (χ4v) is 6.50. The van der Waals surface area contributed by atoms with E-state index in [9.17, 15) is 14.4 Å². The topological polar surface area (TPSA) is 152 Å². The number of rotatable bonds is 4. The monoisotopic (exact) mass is 698 g/mol. The van der Waals surface area contributed by atoms with Gasteiger partial charge in [0, 0.05) is 74.4 Å². The van der Waals surface area contributed by atoms with Gasteiger partial charge in [-0.2, -0.15) is 0 Å². The second-order valence-electron chi connectivity index (χ2n) is 14.2. The summed E-state index contributed by atoms with van der Waals surface area (Å²) in [6, 6.07) is 7.70. The number of methoxy groups -OCH3 is 2. The molecule has 0 radical (unpaired) electrons. The fourth-order valence-electron chi connectivity index (χ4n) is 6.50. The molecule has 4 heterocycles. The van der Waals surface area contributed by atoms with Gasteiger partial charge in [-0.25, -0.2) is 24.4 Å². The fraction of sp³-hybridized carbons (Fsp3) is 0.462. The van der Waals surface area contributed by atoms with E-state index in [2.05, 4.69) is 15.3 Å². The first-order valence-corrected chi connectivity index (χ1v) is 17.4. The van der Waals surface area contributed by atoms with Gasteiger partial charge in [0.05, 0.1) is 36.7 Å². The summed E-state index contributed by atoms with van der Waals surface area (Å²) < 4.78 is 15.3. The van der Waals surface area contributed by atoms with Crippen LogP contribution in [0.5, 0.6) is 0 Å². The molecular formula is C39H50N6O6. The standard InChI is InChI=1S/C22H29N3O4.C17H21N3O2/c1-13-11-14(2)16(20(26)28-6)12-15(13)19-23-17-7-9-25(10-8-18(17)24-19)21(27)29-22(3,4)5;1-10-8-11(2)13(17(21)22-3)9-12(10)16-19-14-4-6-18-7-5-15(14)20-16/h11-12H,7-10H2,1-6H3,(H,23,24);8-9,18H,4-7H2,1-3H3,(H,19,20). The van der Waals surface area contributed by atoms with Gasteiger partial charge >= 0.3 is 18.0 Å². The number of ether oxygens (including phenoxy) is 3. The van der Waals surface area contributed by atoms with Crippen LogP contribution in [-0.2, 0) is 39.9 Å². The molecule has 0 spiro atoms. The van der Waals surface area contributed by atoms with E-state index in [0.717, 1.165) is 88.0 Å². The van der Waals surface area contributed by atoms with E-state index in [1.165, 1.54) is 19.9 Å². The van der Waals surface area contributed by atoms with E-state index in [4.69, 9.17) is 24.2 Å². The van der Waals surface area contributed by atoms with Gasteiger partial charge < -0.3 is 34.4 Å². The van der Waals surface area contributed by atoms with Crippen molar-refractivity contribution in [3.8, 4) is 22.8 Å². The van der Waals surface area contributed by atoms with Crippen LogP contribution in [-0.4, -0.2) is 88.9 Å². The lowest BCUT2D eigenvalue weighted by atomic mass is 9.99. The van der Waals surface area contributed by atoms with Crippen molar-refractivity contribution >= 4 is 18.0 Å². The van der Waals surface area contributed by atoms with E-state index >= 15 is 0 Å². The maximum atomic E-state index is 12.4. The molecule has 2 aromatic heterocycles. The predicted octanol–water partition coefficient (Wildman–Crippen LogP) is 5.98. The molecule has 2 aliphatic rings. The largest absolute Gasteiger partial charge is 0.465 e. The van der Waals surface area contributed by atoms with E-state index in [1.54, 1.807) is 4.90 Å². The zero-order valence-electron chi connectivity index (χ0n) is 31.3. The molecule has 0 fully saturated rings. The SMILES string of the molecule is COC(=O)c1cc(-c2nc3c([nH]2)CCN(C(=O)OC(C)(C)C)CC3)c(C)cc1C.COC(=O)c1cc(-c2nc3c([nH]2)CCNCC3)c(C)cc1C. The number of nitrogens with one attached hydrogen (secondary N) is 3. The summed E-state index contributed by atoms with van der Waals surface area (Å²) >= 11 is 0. The average molecular weight is 699 g/mol. The Bertz CT molecular complexity index is 1890. The van der Waals surface area contributed by atoms with Gasteiger partial charge in [0.25, 0.3) is 0 Å². The first-order valence-electron chi connectivity index (χ1n) is 17.4. The zero-order chi connectivity index (χ0) is 37.0. The minimum atomic E-state index is -0.510. The molecule has 51 heavy (non-hydrogen) atoms. The molecule has 2 aliphatic heterocycles. The Morgan fingerprint density at radius 2 is 1.14 bits per heavy atom. The highest BCUT2D eigenvalue weighted by molar-refractivity contribution is 5.93. The highest BCUT2D eigenvalue weighted by Crippen LogP contribution is 2.29. The Morgan fingerprint density at radius 3 is 1.65 bits per heavy atom. The molecule has 0 aliphatic carbocycles. The lowest BCUT2D eigenvalue weighted by molar-refractivity contribution is 0.0257. The summed E-state index contributed by atoms with van der Waals surface area (Å²) in [5.74, 6) is 0.916. The van der Waals surface area contributed by atoms with E-state index in [0.29, 0.717) is 37.1 Å². The predicted molar refractivity (Wildman–Crippen MR) is 195 cm³/mol. The van der Waals surface area contributed by atoms with Gasteiger partial charge in [-0.15, -0.1) is 0 Å².